The molecule has 1 amide bonds. The normalized spacial score (nSPS) is 15.2. The van der Waals surface area contributed by atoms with Crippen LogP contribution in [0.4, 0.5) is 4.39 Å². The second kappa shape index (κ2) is 8.34. The van der Waals surface area contributed by atoms with Crippen LogP contribution in [-0.4, -0.2) is 28.4 Å². The predicted octanol–water partition coefficient (Wildman–Crippen LogP) is 4.05. The molecule has 0 saturated heterocycles. The van der Waals surface area contributed by atoms with Crippen molar-refractivity contribution in [1.82, 2.24) is 9.88 Å². The molecule has 6 heteroatoms. The quantitative estimate of drug-likeness (QED) is 0.662. The number of carbonyl (C=O) groups is 1. The number of hydrogen-bond donors (Lipinski definition) is 0. The van der Waals surface area contributed by atoms with E-state index in [1.54, 1.807) is 47.5 Å². The van der Waals surface area contributed by atoms with Crippen molar-refractivity contribution in [2.45, 2.75) is 25.9 Å². The number of nitriles is 1. The predicted molar refractivity (Wildman–Crippen MR) is 109 cm³/mol. The number of nitrogens with zero attached hydrogens (tertiary/aromatic N) is 3. The third kappa shape index (κ3) is 4.15. The highest BCUT2D eigenvalue weighted by atomic mass is 19.1. The first-order chi connectivity index (χ1) is 14.5. The van der Waals surface area contributed by atoms with Crippen molar-refractivity contribution < 1.29 is 13.9 Å². The Morgan fingerprint density at radius 1 is 1.23 bits per heavy atom. The van der Waals surface area contributed by atoms with E-state index >= 15 is 0 Å². The molecule has 5 nitrogen and oxygen atoms in total. The summed E-state index contributed by atoms with van der Waals surface area (Å²) in [6.07, 6.45) is 2.19. The zero-order valence-corrected chi connectivity index (χ0v) is 16.5. The van der Waals surface area contributed by atoms with Crippen molar-refractivity contribution in [2.24, 2.45) is 0 Å². The highest BCUT2D eigenvalue weighted by Gasteiger charge is 2.31. The van der Waals surface area contributed by atoms with E-state index in [9.17, 15) is 9.18 Å². The van der Waals surface area contributed by atoms with Crippen LogP contribution in [0.1, 0.15) is 32.6 Å². The highest BCUT2D eigenvalue weighted by molar-refractivity contribution is 5.95. The summed E-state index contributed by atoms with van der Waals surface area (Å²) in [5, 5.41) is 9.15. The van der Waals surface area contributed by atoms with Crippen LogP contribution in [0.15, 0.2) is 60.8 Å². The summed E-state index contributed by atoms with van der Waals surface area (Å²) < 4.78 is 19.6. The third-order valence-corrected chi connectivity index (χ3v) is 5.21. The summed E-state index contributed by atoms with van der Waals surface area (Å²) in [7, 11) is 0. The topological polar surface area (TPSA) is 66.2 Å². The number of rotatable bonds is 4. The first kappa shape index (κ1) is 19.6. The molecular formula is C24H20FN3O2. The van der Waals surface area contributed by atoms with Gasteiger partial charge in [0.15, 0.2) is 0 Å². The summed E-state index contributed by atoms with van der Waals surface area (Å²) in [6, 6.07) is 16.7. The van der Waals surface area contributed by atoms with Crippen molar-refractivity contribution in [3.63, 3.8) is 0 Å². The second-order valence-electron chi connectivity index (χ2n) is 7.38. The van der Waals surface area contributed by atoms with Crippen LogP contribution >= 0.6 is 0 Å². The Morgan fingerprint density at radius 2 is 2.10 bits per heavy atom. The molecule has 2 heterocycles. The van der Waals surface area contributed by atoms with Gasteiger partial charge >= 0.3 is 0 Å². The van der Waals surface area contributed by atoms with E-state index in [1.807, 2.05) is 13.0 Å². The molecule has 1 aliphatic heterocycles. The number of benzene rings is 2. The zero-order chi connectivity index (χ0) is 21.1. The van der Waals surface area contributed by atoms with Crippen molar-refractivity contribution >= 4 is 5.91 Å². The van der Waals surface area contributed by atoms with Gasteiger partial charge in [-0.15, -0.1) is 0 Å². The van der Waals surface area contributed by atoms with Crippen LogP contribution in [0.3, 0.4) is 0 Å². The van der Waals surface area contributed by atoms with Gasteiger partial charge in [0.25, 0.3) is 5.91 Å². The van der Waals surface area contributed by atoms with Gasteiger partial charge < -0.3 is 9.64 Å². The molecule has 1 aromatic heterocycles. The average molecular weight is 401 g/mol. The lowest BCUT2D eigenvalue weighted by Crippen LogP contribution is -2.47. The first-order valence-corrected chi connectivity index (χ1v) is 9.67. The molecule has 4 rings (SSSR count). The second-order valence-corrected chi connectivity index (χ2v) is 7.38. The Hall–Kier alpha value is -3.72. The molecular weight excluding hydrogens is 381 g/mol. The van der Waals surface area contributed by atoms with E-state index in [4.69, 9.17) is 10.00 Å². The maximum atomic E-state index is 13.8. The van der Waals surface area contributed by atoms with Crippen LogP contribution in [0.25, 0.3) is 0 Å². The van der Waals surface area contributed by atoms with E-state index < -0.39 is 0 Å². The molecule has 0 N–H and O–H groups in total. The Bertz CT molecular complexity index is 1120. The van der Waals surface area contributed by atoms with Crippen LogP contribution in [0, 0.1) is 24.1 Å². The standard InChI is InChI=1S/C24H20FN3O2/c1-16-5-8-23(27-13-16)30-15-22-11-20-10-21(25)7-6-19(20)14-28(22)24(29)18-4-2-3-17(9-18)12-26/h2-10,13,22H,11,14-15H2,1H3. The monoisotopic (exact) mass is 401 g/mol. The fourth-order valence-corrected chi connectivity index (χ4v) is 3.61. The minimum absolute atomic E-state index is 0.187. The maximum Gasteiger partial charge on any atom is 0.254 e. The minimum Gasteiger partial charge on any atom is -0.475 e. The van der Waals surface area contributed by atoms with Gasteiger partial charge in [0, 0.05) is 24.4 Å². The summed E-state index contributed by atoms with van der Waals surface area (Å²) in [5.41, 5.74) is 3.68. The lowest BCUT2D eigenvalue weighted by atomic mass is 9.93. The number of pyridine rings is 1. The number of halogens is 1. The van der Waals surface area contributed by atoms with Gasteiger partial charge in [-0.2, -0.15) is 5.26 Å². The van der Waals surface area contributed by atoms with Crippen LogP contribution in [0.2, 0.25) is 0 Å². The van der Waals surface area contributed by atoms with Crippen molar-refractivity contribution in [1.29, 1.82) is 5.26 Å². The molecule has 0 spiro atoms. The number of ether oxygens (including phenoxy) is 1. The zero-order valence-electron chi connectivity index (χ0n) is 16.5. The minimum atomic E-state index is -0.296. The number of amides is 1. The number of fused-ring (bicyclic) bond motifs is 1. The molecule has 1 atom stereocenters. The third-order valence-electron chi connectivity index (χ3n) is 5.21. The molecule has 0 aliphatic carbocycles. The van der Waals surface area contributed by atoms with E-state index in [2.05, 4.69) is 11.1 Å². The summed E-state index contributed by atoms with van der Waals surface area (Å²) in [5.74, 6) is -0.00725. The molecule has 0 saturated carbocycles. The number of aromatic nitrogens is 1. The molecule has 0 fully saturated rings. The van der Waals surface area contributed by atoms with E-state index in [1.165, 1.54) is 12.1 Å². The van der Waals surface area contributed by atoms with Gasteiger partial charge in [0.1, 0.15) is 12.4 Å². The number of carbonyl (C=O) groups excluding carboxylic acids is 1. The highest BCUT2D eigenvalue weighted by Crippen LogP contribution is 2.26. The van der Waals surface area contributed by atoms with Gasteiger partial charge in [-0.05, 0) is 60.4 Å². The van der Waals surface area contributed by atoms with Crippen molar-refractivity contribution in [3.8, 4) is 11.9 Å². The molecule has 150 valence electrons. The largest absolute Gasteiger partial charge is 0.475 e. The molecule has 0 radical (unpaired) electrons. The molecule has 3 aromatic rings. The van der Waals surface area contributed by atoms with Gasteiger partial charge in [0.2, 0.25) is 5.88 Å². The fraction of sp³-hybridized carbons (Fsp3) is 0.208. The smallest absolute Gasteiger partial charge is 0.254 e. The van der Waals surface area contributed by atoms with Crippen LogP contribution in [-0.2, 0) is 13.0 Å². The van der Waals surface area contributed by atoms with E-state index in [0.717, 1.165) is 16.7 Å². The Balaban J connectivity index is 1.61. The van der Waals surface area contributed by atoms with Gasteiger partial charge in [-0.25, -0.2) is 9.37 Å². The average Bonchev–Trinajstić information content (AvgIpc) is 2.77. The number of hydrogen-bond acceptors (Lipinski definition) is 4. The van der Waals surface area contributed by atoms with Gasteiger partial charge in [-0.3, -0.25) is 4.79 Å². The summed E-state index contributed by atoms with van der Waals surface area (Å²) >= 11 is 0. The number of aryl methyl sites for hydroxylation is 1. The van der Waals surface area contributed by atoms with Gasteiger partial charge in [-0.1, -0.05) is 18.2 Å². The van der Waals surface area contributed by atoms with E-state index in [-0.39, 0.29) is 24.4 Å². The lowest BCUT2D eigenvalue weighted by Gasteiger charge is -2.37. The fourth-order valence-electron chi connectivity index (χ4n) is 3.61. The molecule has 1 unspecified atom stereocenters. The Kier molecular flexibility index (Phi) is 5.44. The van der Waals surface area contributed by atoms with Crippen LogP contribution in [0.5, 0.6) is 5.88 Å². The van der Waals surface area contributed by atoms with Gasteiger partial charge in [0.05, 0.1) is 17.7 Å². The Labute approximate surface area is 174 Å². The van der Waals surface area contributed by atoms with Crippen molar-refractivity contribution in [3.05, 3.63) is 94.4 Å². The summed E-state index contributed by atoms with van der Waals surface area (Å²) in [4.78, 5) is 19.3. The molecule has 0 bridgehead atoms. The molecule has 30 heavy (non-hydrogen) atoms. The Morgan fingerprint density at radius 3 is 2.87 bits per heavy atom. The SMILES string of the molecule is Cc1ccc(OCC2Cc3cc(F)ccc3CN2C(=O)c2cccc(C#N)c2)nc1. The van der Waals surface area contributed by atoms with E-state index in [0.29, 0.717) is 30.0 Å². The summed E-state index contributed by atoms with van der Waals surface area (Å²) in [6.45, 7) is 2.52. The molecule has 2 aromatic carbocycles. The van der Waals surface area contributed by atoms with Crippen LogP contribution < -0.4 is 4.74 Å². The maximum absolute atomic E-state index is 13.8. The van der Waals surface area contributed by atoms with Crippen molar-refractivity contribution in [2.75, 3.05) is 6.61 Å². The molecule has 1 aliphatic rings. The first-order valence-electron chi connectivity index (χ1n) is 9.67. The lowest BCUT2D eigenvalue weighted by molar-refractivity contribution is 0.0562.